The molecule has 0 bridgehead atoms. The van der Waals surface area contributed by atoms with Gasteiger partial charge in [0, 0.05) is 0 Å². The van der Waals surface area contributed by atoms with Crippen LogP contribution in [0.1, 0.15) is 15.9 Å². The summed E-state index contributed by atoms with van der Waals surface area (Å²) in [6.07, 6.45) is 1.49. The molecule has 0 radical (unpaired) electrons. The number of halogens is 2. The van der Waals surface area contributed by atoms with E-state index in [-0.39, 0.29) is 11.3 Å². The normalized spacial score (nSPS) is 9.59. The molecule has 0 unspecified atom stereocenters. The van der Waals surface area contributed by atoms with Gasteiger partial charge < -0.3 is 4.74 Å². The maximum absolute atomic E-state index is 11.4. The molecule has 7 heteroatoms. The Bertz CT molecular complexity index is 495. The average Bonchev–Trinajstić information content (AvgIpc) is 2.26. The molecular weight excluding hydrogens is 358 g/mol. The number of rotatable bonds is 3. The van der Waals surface area contributed by atoms with Crippen LogP contribution in [0, 0.1) is 10.1 Å². The van der Waals surface area contributed by atoms with Gasteiger partial charge in [-0.25, -0.2) is 4.79 Å². The second-order valence-corrected chi connectivity index (χ2v) is 5.70. The fourth-order valence-electron chi connectivity index (χ4n) is 1.27. The zero-order valence-electron chi connectivity index (χ0n) is 8.65. The van der Waals surface area contributed by atoms with Crippen LogP contribution < -0.4 is 0 Å². The highest BCUT2D eigenvalue weighted by Crippen LogP contribution is 2.29. The Morgan fingerprint density at radius 3 is 2.59 bits per heavy atom. The van der Waals surface area contributed by atoms with Crippen LogP contribution in [0.15, 0.2) is 21.6 Å². The molecule has 0 spiro atoms. The summed E-state index contributed by atoms with van der Waals surface area (Å²) in [4.78, 5) is 21.8. The third kappa shape index (κ3) is 3.37. The molecule has 0 saturated heterocycles. The SMILES string of the molecule is COC(=O)c1cccc(C=C(Br)Br)c1[N+](=O)[O-]. The number of benzene rings is 1. The first-order valence-corrected chi connectivity index (χ1v) is 5.94. The van der Waals surface area contributed by atoms with Crippen LogP contribution in [0.25, 0.3) is 6.08 Å². The highest BCUT2D eigenvalue weighted by atomic mass is 79.9. The fourth-order valence-corrected chi connectivity index (χ4v) is 1.77. The first-order valence-electron chi connectivity index (χ1n) is 4.35. The highest BCUT2D eigenvalue weighted by Gasteiger charge is 2.23. The number of carbonyl (C=O) groups excluding carboxylic acids is 1. The van der Waals surface area contributed by atoms with Crippen molar-refractivity contribution in [2.45, 2.75) is 0 Å². The molecule has 0 aliphatic carbocycles. The van der Waals surface area contributed by atoms with E-state index in [9.17, 15) is 14.9 Å². The summed E-state index contributed by atoms with van der Waals surface area (Å²) in [6, 6.07) is 4.44. The molecule has 17 heavy (non-hydrogen) atoms. The van der Waals surface area contributed by atoms with Gasteiger partial charge in [-0.05, 0) is 50.1 Å². The second kappa shape index (κ2) is 5.92. The van der Waals surface area contributed by atoms with E-state index in [1.807, 2.05) is 0 Å². The first kappa shape index (κ1) is 13.9. The molecule has 0 amide bonds. The van der Waals surface area contributed by atoms with Crippen molar-refractivity contribution in [3.8, 4) is 0 Å². The summed E-state index contributed by atoms with van der Waals surface area (Å²) in [6.45, 7) is 0. The van der Waals surface area contributed by atoms with Crippen molar-refractivity contribution >= 4 is 49.6 Å². The molecule has 0 saturated carbocycles. The van der Waals surface area contributed by atoms with Gasteiger partial charge in [0.2, 0.25) is 0 Å². The number of para-hydroxylation sites is 1. The van der Waals surface area contributed by atoms with Crippen LogP contribution in [-0.4, -0.2) is 18.0 Å². The molecule has 0 fully saturated rings. The Kier molecular flexibility index (Phi) is 4.83. The Morgan fingerprint density at radius 2 is 2.12 bits per heavy atom. The van der Waals surface area contributed by atoms with E-state index < -0.39 is 10.9 Å². The van der Waals surface area contributed by atoms with Gasteiger partial charge in [0.05, 0.1) is 21.0 Å². The van der Waals surface area contributed by atoms with Gasteiger partial charge in [-0.2, -0.15) is 0 Å². The molecule has 0 aromatic heterocycles. The average molecular weight is 365 g/mol. The molecule has 0 N–H and O–H groups in total. The van der Waals surface area contributed by atoms with E-state index in [4.69, 9.17) is 0 Å². The monoisotopic (exact) mass is 363 g/mol. The minimum atomic E-state index is -0.738. The second-order valence-electron chi connectivity index (χ2n) is 2.93. The van der Waals surface area contributed by atoms with Gasteiger partial charge in [-0.3, -0.25) is 10.1 Å². The lowest BCUT2D eigenvalue weighted by atomic mass is 10.1. The summed E-state index contributed by atoms with van der Waals surface area (Å²) in [7, 11) is 1.18. The van der Waals surface area contributed by atoms with E-state index in [2.05, 4.69) is 36.6 Å². The predicted octanol–water partition coefficient (Wildman–Crippen LogP) is 3.47. The molecule has 1 aromatic rings. The van der Waals surface area contributed by atoms with Crippen LogP contribution in [-0.2, 0) is 4.74 Å². The largest absolute Gasteiger partial charge is 0.465 e. The lowest BCUT2D eigenvalue weighted by Gasteiger charge is -2.03. The Labute approximate surface area is 114 Å². The molecule has 1 rings (SSSR count). The maximum Gasteiger partial charge on any atom is 0.344 e. The summed E-state index contributed by atoms with van der Waals surface area (Å²) in [5.41, 5.74) is -0.0510. The number of ether oxygens (including phenoxy) is 1. The molecule has 0 heterocycles. The topological polar surface area (TPSA) is 69.4 Å². The van der Waals surface area contributed by atoms with Gasteiger partial charge in [0.15, 0.2) is 0 Å². The van der Waals surface area contributed by atoms with E-state index in [1.54, 1.807) is 6.07 Å². The number of hydrogen-bond acceptors (Lipinski definition) is 4. The molecule has 0 aliphatic rings. The van der Waals surface area contributed by atoms with Crippen LogP contribution in [0.5, 0.6) is 0 Å². The number of methoxy groups -OCH3 is 1. The lowest BCUT2D eigenvalue weighted by Crippen LogP contribution is -2.06. The highest BCUT2D eigenvalue weighted by molar-refractivity contribution is 9.28. The molecule has 5 nitrogen and oxygen atoms in total. The quantitative estimate of drug-likeness (QED) is 0.467. The Balaban J connectivity index is 3.48. The number of nitro groups is 1. The summed E-state index contributed by atoms with van der Waals surface area (Å²) >= 11 is 6.22. The minimum Gasteiger partial charge on any atom is -0.465 e. The lowest BCUT2D eigenvalue weighted by molar-refractivity contribution is -0.385. The number of hydrogen-bond donors (Lipinski definition) is 0. The van der Waals surface area contributed by atoms with Crippen molar-refractivity contribution in [2.24, 2.45) is 0 Å². The summed E-state index contributed by atoms with van der Waals surface area (Å²) < 4.78 is 5.04. The van der Waals surface area contributed by atoms with Gasteiger partial charge in [0.1, 0.15) is 5.56 Å². The van der Waals surface area contributed by atoms with Crippen molar-refractivity contribution in [1.82, 2.24) is 0 Å². The van der Waals surface area contributed by atoms with E-state index in [0.717, 1.165) is 0 Å². The minimum absolute atomic E-state index is 0.0764. The summed E-state index contributed by atoms with van der Waals surface area (Å²) in [5, 5.41) is 11.0. The smallest absolute Gasteiger partial charge is 0.344 e. The van der Waals surface area contributed by atoms with Gasteiger partial charge in [-0.15, -0.1) is 0 Å². The van der Waals surface area contributed by atoms with E-state index in [0.29, 0.717) is 8.96 Å². The maximum atomic E-state index is 11.4. The van der Waals surface area contributed by atoms with Crippen molar-refractivity contribution in [2.75, 3.05) is 7.11 Å². The van der Waals surface area contributed by atoms with Crippen molar-refractivity contribution in [3.05, 3.63) is 42.8 Å². The molecule has 0 atom stereocenters. The summed E-state index contributed by atoms with van der Waals surface area (Å²) in [5.74, 6) is -0.738. The van der Waals surface area contributed by atoms with Gasteiger partial charge in [-0.1, -0.05) is 6.07 Å². The van der Waals surface area contributed by atoms with Crippen molar-refractivity contribution in [3.63, 3.8) is 0 Å². The number of carbonyl (C=O) groups is 1. The van der Waals surface area contributed by atoms with Crippen LogP contribution >= 0.6 is 31.9 Å². The number of nitro benzene ring substituents is 1. The Hall–Kier alpha value is -1.21. The molecule has 90 valence electrons. The van der Waals surface area contributed by atoms with Crippen molar-refractivity contribution in [1.29, 1.82) is 0 Å². The van der Waals surface area contributed by atoms with Gasteiger partial charge >= 0.3 is 5.97 Å². The zero-order chi connectivity index (χ0) is 13.0. The fraction of sp³-hybridized carbons (Fsp3) is 0.100. The molecule has 0 aliphatic heterocycles. The molecular formula is C10H7Br2NO4. The van der Waals surface area contributed by atoms with Crippen LogP contribution in [0.4, 0.5) is 5.69 Å². The predicted molar refractivity (Wildman–Crippen MR) is 70.3 cm³/mol. The van der Waals surface area contributed by atoms with Gasteiger partial charge in [0.25, 0.3) is 5.69 Å². The van der Waals surface area contributed by atoms with Crippen molar-refractivity contribution < 1.29 is 14.5 Å². The van der Waals surface area contributed by atoms with E-state index >= 15 is 0 Å². The third-order valence-electron chi connectivity index (χ3n) is 1.92. The zero-order valence-corrected chi connectivity index (χ0v) is 11.8. The standard InChI is InChI=1S/C10H7Br2NO4/c1-17-10(14)7-4-2-3-6(5-8(11)12)9(7)13(15)16/h2-5H,1H3. The molecule has 1 aromatic carbocycles. The third-order valence-corrected chi connectivity index (χ3v) is 2.38. The van der Waals surface area contributed by atoms with E-state index in [1.165, 1.54) is 25.3 Å². The van der Waals surface area contributed by atoms with Crippen LogP contribution in [0.2, 0.25) is 0 Å². The number of nitrogens with zero attached hydrogens (tertiary/aromatic N) is 1. The number of esters is 1. The Morgan fingerprint density at radius 1 is 1.47 bits per heavy atom. The first-order chi connectivity index (χ1) is 7.97. The van der Waals surface area contributed by atoms with Crippen LogP contribution in [0.3, 0.4) is 0 Å².